The zero-order chi connectivity index (χ0) is 18.6. The average Bonchev–Trinajstić information content (AvgIpc) is 2.95. The fourth-order valence-corrected chi connectivity index (χ4v) is 3.82. The summed E-state index contributed by atoms with van der Waals surface area (Å²) in [6.07, 6.45) is 0.540. The molecule has 2 bridgehead atoms. The van der Waals surface area contributed by atoms with Crippen molar-refractivity contribution in [2.75, 3.05) is 6.61 Å². The molecule has 0 aliphatic carbocycles. The first-order valence-corrected chi connectivity index (χ1v) is 8.12. The number of carbonyl (C=O) groups excluding carboxylic acids is 2. The third kappa shape index (κ3) is 2.79. The van der Waals surface area contributed by atoms with Crippen LogP contribution in [0, 0.1) is 0 Å². The smallest absolute Gasteiger partial charge is 0.342 e. The molecular weight excluding hydrogens is 332 g/mol. The number of rotatable bonds is 2. The van der Waals surface area contributed by atoms with E-state index in [1.165, 1.54) is 19.9 Å². The van der Waals surface area contributed by atoms with Crippen LogP contribution in [0.15, 0.2) is 23.0 Å². The summed E-state index contributed by atoms with van der Waals surface area (Å²) in [4.78, 5) is 23.6. The van der Waals surface area contributed by atoms with Crippen LogP contribution < -0.4 is 0 Å². The lowest BCUT2D eigenvalue weighted by molar-refractivity contribution is -0.302. The van der Waals surface area contributed by atoms with E-state index in [2.05, 4.69) is 0 Å². The van der Waals surface area contributed by atoms with Crippen molar-refractivity contribution in [1.29, 1.82) is 0 Å². The predicted octanol–water partition coefficient (Wildman–Crippen LogP) is 0.0601. The van der Waals surface area contributed by atoms with Gasteiger partial charge in [-0.25, -0.2) is 4.79 Å². The van der Waals surface area contributed by atoms with Gasteiger partial charge in [0.1, 0.15) is 5.76 Å². The summed E-state index contributed by atoms with van der Waals surface area (Å²) >= 11 is 0. The van der Waals surface area contributed by atoms with Crippen molar-refractivity contribution < 1.29 is 39.1 Å². The molecule has 8 heteroatoms. The first-order chi connectivity index (χ1) is 11.5. The summed E-state index contributed by atoms with van der Waals surface area (Å²) in [5, 5.41) is 31.2. The molecule has 8 nitrogen and oxygen atoms in total. The van der Waals surface area contributed by atoms with E-state index in [-0.39, 0.29) is 29.7 Å². The number of carbonyl (C=O) groups is 2. The molecule has 4 atom stereocenters. The van der Waals surface area contributed by atoms with E-state index in [4.69, 9.17) is 14.2 Å². The summed E-state index contributed by atoms with van der Waals surface area (Å²) in [6, 6.07) is 0. The van der Waals surface area contributed by atoms with E-state index in [1.54, 1.807) is 6.92 Å². The largest absolute Gasteiger partial charge is 0.454 e. The molecule has 0 unspecified atom stereocenters. The standard InChI is InChI=1S/C17H22O8/c1-9(19)24-16(3)6-11(20)13-10(8-18)14(21)23-12(13)7-15(2)4-5-17(16,22)25-15/h7,11,18,20,22H,4-6,8H2,1-3H3/t11-,15+,16+,17-/m0/s1. The van der Waals surface area contributed by atoms with Gasteiger partial charge < -0.3 is 29.5 Å². The Morgan fingerprint density at radius 2 is 2.08 bits per heavy atom. The second-order valence-corrected chi connectivity index (χ2v) is 7.19. The predicted molar refractivity (Wildman–Crippen MR) is 82.8 cm³/mol. The number of hydrogen-bond donors (Lipinski definition) is 3. The highest BCUT2D eigenvalue weighted by Gasteiger charge is 2.60. The van der Waals surface area contributed by atoms with E-state index in [1.807, 2.05) is 0 Å². The van der Waals surface area contributed by atoms with Crippen LogP contribution in [0.25, 0.3) is 0 Å². The van der Waals surface area contributed by atoms with E-state index >= 15 is 0 Å². The fraction of sp³-hybridized carbons (Fsp3) is 0.647. The van der Waals surface area contributed by atoms with E-state index in [0.717, 1.165) is 0 Å². The molecule has 0 aromatic carbocycles. The van der Waals surface area contributed by atoms with Crippen molar-refractivity contribution in [3.63, 3.8) is 0 Å². The lowest BCUT2D eigenvalue weighted by Gasteiger charge is -2.42. The Morgan fingerprint density at radius 1 is 1.40 bits per heavy atom. The summed E-state index contributed by atoms with van der Waals surface area (Å²) in [6.45, 7) is 3.78. The van der Waals surface area contributed by atoms with Gasteiger partial charge in [-0.3, -0.25) is 4.79 Å². The second-order valence-electron chi connectivity index (χ2n) is 7.19. The molecular formula is C17H22O8. The molecule has 0 aromatic heterocycles. The first kappa shape index (κ1) is 18.1. The van der Waals surface area contributed by atoms with Crippen LogP contribution in [0.1, 0.15) is 40.0 Å². The van der Waals surface area contributed by atoms with Crippen molar-refractivity contribution >= 4 is 11.9 Å². The van der Waals surface area contributed by atoms with Crippen LogP contribution >= 0.6 is 0 Å². The molecule has 3 aliphatic rings. The molecule has 0 amide bonds. The molecule has 3 rings (SSSR count). The number of aliphatic hydroxyl groups is 3. The van der Waals surface area contributed by atoms with E-state index < -0.39 is 41.6 Å². The zero-order valence-electron chi connectivity index (χ0n) is 14.4. The zero-order valence-corrected chi connectivity index (χ0v) is 14.4. The lowest BCUT2D eigenvalue weighted by atomic mass is 9.82. The summed E-state index contributed by atoms with van der Waals surface area (Å²) in [7, 11) is 0. The number of ether oxygens (including phenoxy) is 3. The molecule has 0 saturated carbocycles. The van der Waals surface area contributed by atoms with Gasteiger partial charge in [0.15, 0.2) is 5.60 Å². The minimum atomic E-state index is -1.81. The minimum absolute atomic E-state index is 0.0581. The number of hydrogen-bond acceptors (Lipinski definition) is 8. The average molecular weight is 354 g/mol. The minimum Gasteiger partial charge on any atom is -0.454 e. The topological polar surface area (TPSA) is 123 Å². The van der Waals surface area contributed by atoms with Gasteiger partial charge in [0, 0.05) is 25.3 Å². The molecule has 3 N–H and O–H groups in total. The maximum atomic E-state index is 12.0. The van der Waals surface area contributed by atoms with Crippen LogP contribution in [-0.2, 0) is 23.8 Å². The van der Waals surface area contributed by atoms with Gasteiger partial charge in [0.05, 0.1) is 23.9 Å². The van der Waals surface area contributed by atoms with E-state index in [9.17, 15) is 24.9 Å². The van der Waals surface area contributed by atoms with Gasteiger partial charge in [-0.2, -0.15) is 0 Å². The van der Waals surface area contributed by atoms with Crippen LogP contribution in [0.5, 0.6) is 0 Å². The van der Waals surface area contributed by atoms with Gasteiger partial charge in [0.2, 0.25) is 5.79 Å². The van der Waals surface area contributed by atoms with Crippen molar-refractivity contribution in [1.82, 2.24) is 0 Å². The molecule has 25 heavy (non-hydrogen) atoms. The van der Waals surface area contributed by atoms with E-state index in [0.29, 0.717) is 6.42 Å². The maximum Gasteiger partial charge on any atom is 0.342 e. The summed E-state index contributed by atoms with van der Waals surface area (Å²) in [5.41, 5.74) is -2.48. The molecule has 1 fully saturated rings. The Hall–Kier alpha value is -1.74. The summed E-state index contributed by atoms with van der Waals surface area (Å²) in [5.74, 6) is -3.09. The fourth-order valence-electron chi connectivity index (χ4n) is 3.82. The van der Waals surface area contributed by atoms with Gasteiger partial charge in [-0.05, 0) is 26.3 Å². The maximum absolute atomic E-state index is 12.0. The summed E-state index contributed by atoms with van der Waals surface area (Å²) < 4.78 is 16.4. The molecule has 3 heterocycles. The quantitative estimate of drug-likeness (QED) is 0.595. The Labute approximate surface area is 144 Å². The van der Waals surface area contributed by atoms with Crippen molar-refractivity contribution in [2.24, 2.45) is 0 Å². The Balaban J connectivity index is 2.16. The Bertz CT molecular complexity index is 695. The van der Waals surface area contributed by atoms with Crippen LogP contribution in [-0.4, -0.2) is 57.0 Å². The monoisotopic (exact) mass is 354 g/mol. The highest BCUT2D eigenvalue weighted by Crippen LogP contribution is 2.50. The van der Waals surface area contributed by atoms with Crippen LogP contribution in [0.3, 0.4) is 0 Å². The van der Waals surface area contributed by atoms with Gasteiger partial charge >= 0.3 is 11.9 Å². The number of fused-ring (bicyclic) bond motifs is 3. The molecule has 138 valence electrons. The van der Waals surface area contributed by atoms with Gasteiger partial charge in [-0.15, -0.1) is 0 Å². The third-order valence-corrected chi connectivity index (χ3v) is 5.11. The molecule has 1 saturated heterocycles. The van der Waals surface area contributed by atoms with Crippen LogP contribution in [0.2, 0.25) is 0 Å². The lowest BCUT2D eigenvalue weighted by Crippen LogP contribution is -2.56. The van der Waals surface area contributed by atoms with Gasteiger partial charge in [0.25, 0.3) is 0 Å². The van der Waals surface area contributed by atoms with Crippen LogP contribution in [0.4, 0.5) is 0 Å². The Kier molecular flexibility index (Phi) is 4.07. The number of aliphatic hydroxyl groups excluding tert-OH is 2. The Morgan fingerprint density at radius 3 is 2.68 bits per heavy atom. The SMILES string of the molecule is CC(=O)O[C@]1(C)C[C@H](O)C2=C(CO)C(=O)OC2=C[C@@]2(C)CC[C@]1(O)O2. The first-order valence-electron chi connectivity index (χ1n) is 8.12. The van der Waals surface area contributed by atoms with Crippen molar-refractivity contribution in [3.8, 4) is 0 Å². The molecule has 0 spiro atoms. The highest BCUT2D eigenvalue weighted by molar-refractivity contribution is 5.95. The van der Waals surface area contributed by atoms with Crippen molar-refractivity contribution in [2.45, 2.75) is 63.1 Å². The number of esters is 2. The van der Waals surface area contributed by atoms with Crippen molar-refractivity contribution in [3.05, 3.63) is 23.0 Å². The third-order valence-electron chi connectivity index (χ3n) is 5.11. The normalized spacial score (nSPS) is 40.6. The van der Waals surface area contributed by atoms with Gasteiger partial charge in [-0.1, -0.05) is 0 Å². The second kappa shape index (κ2) is 5.63. The molecule has 0 aromatic rings. The molecule has 0 radical (unpaired) electrons. The highest BCUT2D eigenvalue weighted by atomic mass is 16.7. The molecule has 3 aliphatic heterocycles.